The average Bonchev–Trinajstić information content (AvgIpc) is 3.41. The van der Waals surface area contributed by atoms with Gasteiger partial charge in [-0.1, -0.05) is 31.2 Å². The Morgan fingerprint density at radius 1 is 1.14 bits per heavy atom. The average molecular weight is 485 g/mol. The van der Waals surface area contributed by atoms with E-state index in [0.29, 0.717) is 17.9 Å². The number of methoxy groups -OCH3 is 1. The number of nitrogens with zero attached hydrogens (tertiary/aromatic N) is 2. The minimum atomic E-state index is -0.0867. The Labute approximate surface area is 215 Å². The summed E-state index contributed by atoms with van der Waals surface area (Å²) in [6.45, 7) is 4.36. The number of fused-ring (bicyclic) bond motifs is 2. The van der Waals surface area contributed by atoms with Crippen molar-refractivity contribution in [1.82, 2.24) is 9.88 Å². The maximum absolute atomic E-state index is 7.49. The van der Waals surface area contributed by atoms with Crippen LogP contribution in [0.25, 0.3) is 10.8 Å². The molecule has 3 fully saturated rings. The van der Waals surface area contributed by atoms with Gasteiger partial charge in [-0.3, -0.25) is 4.98 Å². The molecule has 5 aliphatic rings. The van der Waals surface area contributed by atoms with E-state index in [1.165, 1.54) is 60.4 Å². The SMILES string of the molecule is COCCN(C)C1CCC2=CC3=CCC4(C)C(c5ccc6ccncc6c5)CC[C@H]4[C@@]34CC[C@]2(C1)O4. The summed E-state index contributed by atoms with van der Waals surface area (Å²) in [6.07, 6.45) is 18.7. The molecule has 3 aliphatic carbocycles. The zero-order valence-electron chi connectivity index (χ0n) is 22.1. The highest BCUT2D eigenvalue weighted by Gasteiger charge is 2.66. The Hall–Kier alpha value is -2.01. The number of hydrogen-bond donors (Lipinski definition) is 0. The van der Waals surface area contributed by atoms with E-state index in [1.807, 2.05) is 12.4 Å². The van der Waals surface area contributed by atoms with Crippen molar-refractivity contribution in [3.63, 3.8) is 0 Å². The largest absolute Gasteiger partial charge is 0.383 e. The van der Waals surface area contributed by atoms with E-state index in [0.717, 1.165) is 26.0 Å². The first-order valence-corrected chi connectivity index (χ1v) is 14.1. The maximum Gasteiger partial charge on any atom is 0.0974 e. The van der Waals surface area contributed by atoms with E-state index in [1.54, 1.807) is 12.7 Å². The third kappa shape index (κ3) is 3.20. The second kappa shape index (κ2) is 8.24. The lowest BCUT2D eigenvalue weighted by atomic mass is 9.58. The smallest absolute Gasteiger partial charge is 0.0974 e. The van der Waals surface area contributed by atoms with Crippen molar-refractivity contribution < 1.29 is 9.47 Å². The molecule has 4 heteroatoms. The topological polar surface area (TPSA) is 34.6 Å². The quantitative estimate of drug-likeness (QED) is 0.490. The summed E-state index contributed by atoms with van der Waals surface area (Å²) in [5.74, 6) is 1.16. The van der Waals surface area contributed by atoms with Crippen molar-refractivity contribution in [2.75, 3.05) is 27.3 Å². The molecule has 4 nitrogen and oxygen atoms in total. The molecule has 190 valence electrons. The minimum absolute atomic E-state index is 0.0491. The van der Waals surface area contributed by atoms with Crippen molar-refractivity contribution >= 4 is 10.8 Å². The minimum Gasteiger partial charge on any atom is -0.383 e. The van der Waals surface area contributed by atoms with Crippen LogP contribution in [0.1, 0.15) is 69.8 Å². The fraction of sp³-hybridized carbons (Fsp3) is 0.594. The third-order valence-electron chi connectivity index (χ3n) is 11.0. The standard InChI is InChI=1S/C32H40N2O2/c1-30-12-10-26-19-25-6-7-27(34(2)16-17-35-3)20-31(25)13-14-32(26,36-31)29(30)9-8-28(30)23-5-4-22-11-15-33-21-24(22)18-23/h4-5,10-11,15,18-19,21,27-29H,6-9,12-14,16-17,20H2,1-3H3/t27?,28?,29-,30?,31-,32-/m1/s1. The molecule has 3 heterocycles. The van der Waals surface area contributed by atoms with Crippen molar-refractivity contribution in [1.29, 1.82) is 0 Å². The highest BCUT2D eigenvalue weighted by molar-refractivity contribution is 5.82. The molecule has 0 radical (unpaired) electrons. The Balaban J connectivity index is 1.21. The van der Waals surface area contributed by atoms with Crippen LogP contribution in [0.2, 0.25) is 0 Å². The molecular weight excluding hydrogens is 444 g/mol. The molecule has 2 bridgehead atoms. The van der Waals surface area contributed by atoms with E-state index < -0.39 is 0 Å². The van der Waals surface area contributed by atoms with E-state index >= 15 is 0 Å². The summed E-state index contributed by atoms with van der Waals surface area (Å²) >= 11 is 0. The van der Waals surface area contributed by atoms with Gasteiger partial charge in [0.25, 0.3) is 0 Å². The Morgan fingerprint density at radius 3 is 2.94 bits per heavy atom. The molecule has 1 saturated heterocycles. The van der Waals surface area contributed by atoms with Gasteiger partial charge in [0.15, 0.2) is 0 Å². The fourth-order valence-electron chi connectivity index (χ4n) is 9.04. The van der Waals surface area contributed by atoms with Crippen LogP contribution in [-0.4, -0.2) is 54.4 Å². The van der Waals surface area contributed by atoms with Gasteiger partial charge in [0, 0.05) is 37.5 Å². The number of ether oxygens (including phenoxy) is 2. The fourth-order valence-corrected chi connectivity index (χ4v) is 9.04. The highest BCUT2D eigenvalue weighted by Crippen LogP contribution is 2.69. The van der Waals surface area contributed by atoms with Gasteiger partial charge >= 0.3 is 0 Å². The molecule has 6 atom stereocenters. The summed E-state index contributed by atoms with van der Waals surface area (Å²) in [7, 11) is 4.07. The lowest BCUT2D eigenvalue weighted by molar-refractivity contribution is -0.140. The number of rotatable bonds is 5. The summed E-state index contributed by atoms with van der Waals surface area (Å²) in [4.78, 5) is 6.90. The zero-order chi connectivity index (χ0) is 24.5. The first-order chi connectivity index (χ1) is 17.5. The van der Waals surface area contributed by atoms with Gasteiger partial charge in [0.1, 0.15) is 0 Å². The van der Waals surface area contributed by atoms with Crippen LogP contribution in [-0.2, 0) is 9.47 Å². The number of likely N-dealkylation sites (N-methyl/N-ethyl adjacent to an activating group) is 1. The van der Waals surface area contributed by atoms with Gasteiger partial charge in [-0.15, -0.1) is 0 Å². The van der Waals surface area contributed by atoms with Crippen LogP contribution in [0.5, 0.6) is 0 Å². The molecule has 2 aromatic rings. The van der Waals surface area contributed by atoms with Gasteiger partial charge in [-0.2, -0.15) is 0 Å². The Morgan fingerprint density at radius 2 is 2.06 bits per heavy atom. The number of aromatic nitrogens is 1. The molecule has 1 aromatic carbocycles. The van der Waals surface area contributed by atoms with Crippen LogP contribution in [0, 0.1) is 11.3 Å². The molecule has 7 rings (SSSR count). The van der Waals surface area contributed by atoms with Gasteiger partial charge in [0.05, 0.1) is 17.8 Å². The van der Waals surface area contributed by atoms with Gasteiger partial charge in [-0.25, -0.2) is 0 Å². The molecular formula is C32H40N2O2. The lowest BCUT2D eigenvalue weighted by Crippen LogP contribution is -2.55. The summed E-state index contributed by atoms with van der Waals surface area (Å²) in [5, 5.41) is 2.55. The van der Waals surface area contributed by atoms with Gasteiger partial charge in [0.2, 0.25) is 0 Å². The molecule has 3 unspecified atom stereocenters. The predicted molar refractivity (Wildman–Crippen MR) is 144 cm³/mol. The summed E-state index contributed by atoms with van der Waals surface area (Å²) < 4.78 is 12.9. The normalized spacial score (nSPS) is 38.9. The van der Waals surface area contributed by atoms with Crippen molar-refractivity contribution in [2.45, 2.75) is 81.5 Å². The van der Waals surface area contributed by atoms with E-state index in [4.69, 9.17) is 9.47 Å². The van der Waals surface area contributed by atoms with E-state index in [2.05, 4.69) is 60.3 Å². The van der Waals surface area contributed by atoms with E-state index in [-0.39, 0.29) is 16.6 Å². The van der Waals surface area contributed by atoms with Gasteiger partial charge < -0.3 is 14.4 Å². The van der Waals surface area contributed by atoms with Crippen molar-refractivity contribution in [3.05, 3.63) is 65.5 Å². The molecule has 2 aliphatic heterocycles. The van der Waals surface area contributed by atoms with Crippen molar-refractivity contribution in [3.8, 4) is 0 Å². The number of benzene rings is 1. The number of allylic oxidation sites excluding steroid dienone is 1. The zero-order valence-corrected chi connectivity index (χ0v) is 22.1. The van der Waals surface area contributed by atoms with Crippen LogP contribution in [0.15, 0.2) is 60.0 Å². The van der Waals surface area contributed by atoms with Crippen LogP contribution in [0.4, 0.5) is 0 Å². The highest BCUT2D eigenvalue weighted by atomic mass is 16.5. The van der Waals surface area contributed by atoms with Crippen LogP contribution in [0.3, 0.4) is 0 Å². The first kappa shape index (κ1) is 23.1. The molecule has 0 amide bonds. The second-order valence-electron chi connectivity index (χ2n) is 12.6. The number of hydrogen-bond acceptors (Lipinski definition) is 4. The lowest BCUT2D eigenvalue weighted by Gasteiger charge is -2.55. The molecule has 2 saturated carbocycles. The van der Waals surface area contributed by atoms with Crippen LogP contribution < -0.4 is 0 Å². The molecule has 2 spiro atoms. The van der Waals surface area contributed by atoms with E-state index in [9.17, 15) is 0 Å². The summed E-state index contributed by atoms with van der Waals surface area (Å²) in [5.41, 5.74) is 4.69. The Bertz CT molecular complexity index is 1250. The van der Waals surface area contributed by atoms with Gasteiger partial charge in [-0.05, 0) is 110 Å². The summed E-state index contributed by atoms with van der Waals surface area (Å²) in [6, 6.07) is 9.79. The third-order valence-corrected chi connectivity index (χ3v) is 11.0. The predicted octanol–water partition coefficient (Wildman–Crippen LogP) is 6.42. The first-order valence-electron chi connectivity index (χ1n) is 14.1. The molecule has 1 aromatic heterocycles. The monoisotopic (exact) mass is 484 g/mol. The second-order valence-corrected chi connectivity index (χ2v) is 12.6. The molecule has 36 heavy (non-hydrogen) atoms. The van der Waals surface area contributed by atoms with Crippen molar-refractivity contribution in [2.24, 2.45) is 11.3 Å². The maximum atomic E-state index is 7.49. The van der Waals surface area contributed by atoms with Crippen LogP contribution >= 0.6 is 0 Å². The Kier molecular flexibility index (Phi) is 5.30. The number of pyridine rings is 1. The molecule has 0 N–H and O–H groups in total.